The molecule has 1 fully saturated rings. The summed E-state index contributed by atoms with van der Waals surface area (Å²) in [5.41, 5.74) is 1.65. The van der Waals surface area contributed by atoms with E-state index in [9.17, 15) is 13.6 Å². The number of rotatable bonds is 6. The summed E-state index contributed by atoms with van der Waals surface area (Å²) >= 11 is 1.64. The summed E-state index contributed by atoms with van der Waals surface area (Å²) in [6.07, 6.45) is 2.30. The van der Waals surface area contributed by atoms with Gasteiger partial charge in [-0.15, -0.1) is 11.3 Å². The van der Waals surface area contributed by atoms with Gasteiger partial charge in [0.1, 0.15) is 23.0 Å². The van der Waals surface area contributed by atoms with Crippen molar-refractivity contribution in [3.05, 3.63) is 59.1 Å². The van der Waals surface area contributed by atoms with Crippen molar-refractivity contribution in [3.8, 4) is 10.6 Å². The van der Waals surface area contributed by atoms with Crippen molar-refractivity contribution in [3.63, 3.8) is 0 Å². The fourth-order valence-corrected chi connectivity index (χ4v) is 3.59. The van der Waals surface area contributed by atoms with E-state index in [1.54, 1.807) is 11.3 Å². The molecule has 140 valence electrons. The van der Waals surface area contributed by atoms with Gasteiger partial charge in [0, 0.05) is 18.2 Å². The first kappa shape index (κ1) is 17.7. The van der Waals surface area contributed by atoms with E-state index in [1.807, 2.05) is 22.2 Å². The van der Waals surface area contributed by atoms with Gasteiger partial charge in [0.2, 0.25) is 0 Å². The molecule has 0 radical (unpaired) electrons. The lowest BCUT2D eigenvalue weighted by molar-refractivity contribution is 0.251. The van der Waals surface area contributed by atoms with E-state index in [2.05, 4.69) is 21.8 Å². The Morgan fingerprint density at radius 1 is 1.22 bits per heavy atom. The molecule has 4 rings (SSSR count). The third-order valence-electron chi connectivity index (χ3n) is 4.39. The zero-order chi connectivity index (χ0) is 18.8. The molecule has 2 heterocycles. The van der Waals surface area contributed by atoms with Gasteiger partial charge >= 0.3 is 6.03 Å². The van der Waals surface area contributed by atoms with Crippen LogP contribution >= 0.6 is 11.3 Å². The van der Waals surface area contributed by atoms with Gasteiger partial charge in [0.05, 0.1) is 11.4 Å². The van der Waals surface area contributed by atoms with Crippen molar-refractivity contribution in [1.82, 2.24) is 15.1 Å². The molecule has 1 saturated carbocycles. The predicted molar refractivity (Wildman–Crippen MR) is 101 cm³/mol. The van der Waals surface area contributed by atoms with Gasteiger partial charge in [0.25, 0.3) is 0 Å². The van der Waals surface area contributed by atoms with Crippen molar-refractivity contribution in [2.75, 3.05) is 11.9 Å². The number of hydrogen-bond acceptors (Lipinski definition) is 3. The Labute approximate surface area is 159 Å². The van der Waals surface area contributed by atoms with E-state index < -0.39 is 23.4 Å². The standard InChI is InChI=1S/C19H18F2N4OS/c20-13-3-1-4-14(21)18(13)23-19(26)22-8-9-25-16(12-6-7-12)11-15(24-25)17-5-2-10-27-17/h1-5,10-12H,6-9H2,(H2,22,23,26). The number of nitrogens with zero attached hydrogens (tertiary/aromatic N) is 2. The van der Waals surface area contributed by atoms with Crippen LogP contribution in [0.4, 0.5) is 19.3 Å². The van der Waals surface area contributed by atoms with Crippen molar-refractivity contribution in [2.24, 2.45) is 0 Å². The lowest BCUT2D eigenvalue weighted by Crippen LogP contribution is -2.32. The fraction of sp³-hybridized carbons (Fsp3) is 0.263. The molecule has 0 saturated heterocycles. The molecule has 27 heavy (non-hydrogen) atoms. The molecule has 0 spiro atoms. The number of benzene rings is 1. The number of urea groups is 1. The van der Waals surface area contributed by atoms with Crippen LogP contribution in [0.2, 0.25) is 0 Å². The second-order valence-electron chi connectivity index (χ2n) is 6.41. The minimum atomic E-state index is -0.811. The van der Waals surface area contributed by atoms with E-state index in [4.69, 9.17) is 0 Å². The number of carbonyl (C=O) groups excluding carboxylic acids is 1. The molecule has 8 heteroatoms. The van der Waals surface area contributed by atoms with Crippen molar-refractivity contribution in [1.29, 1.82) is 0 Å². The van der Waals surface area contributed by atoms with Crippen molar-refractivity contribution >= 4 is 23.1 Å². The average Bonchev–Trinajstić information content (AvgIpc) is 3.17. The number of aromatic nitrogens is 2. The molecule has 0 atom stereocenters. The Morgan fingerprint density at radius 2 is 2.00 bits per heavy atom. The minimum absolute atomic E-state index is 0.299. The zero-order valence-corrected chi connectivity index (χ0v) is 15.2. The fourth-order valence-electron chi connectivity index (χ4n) is 2.91. The highest BCUT2D eigenvalue weighted by Gasteiger charge is 2.28. The summed E-state index contributed by atoms with van der Waals surface area (Å²) in [6.45, 7) is 0.789. The van der Waals surface area contributed by atoms with Crippen molar-refractivity contribution in [2.45, 2.75) is 25.3 Å². The molecular formula is C19H18F2N4OS. The second-order valence-corrected chi connectivity index (χ2v) is 7.35. The van der Waals surface area contributed by atoms with Crippen LogP contribution in [0.3, 0.4) is 0 Å². The summed E-state index contributed by atoms with van der Waals surface area (Å²) in [6, 6.07) is 8.91. The van der Waals surface area contributed by atoms with Crippen LogP contribution < -0.4 is 10.6 Å². The maximum Gasteiger partial charge on any atom is 0.319 e. The Morgan fingerprint density at radius 3 is 2.67 bits per heavy atom. The molecular weight excluding hydrogens is 370 g/mol. The van der Waals surface area contributed by atoms with Crippen LogP contribution in [-0.2, 0) is 6.54 Å². The Bertz CT molecular complexity index is 931. The van der Waals surface area contributed by atoms with Gasteiger partial charge in [0.15, 0.2) is 0 Å². The molecule has 0 bridgehead atoms. The van der Waals surface area contributed by atoms with Crippen LogP contribution in [0, 0.1) is 11.6 Å². The number of thiophene rings is 1. The van der Waals surface area contributed by atoms with Crippen LogP contribution in [-0.4, -0.2) is 22.4 Å². The topological polar surface area (TPSA) is 59.0 Å². The van der Waals surface area contributed by atoms with Crippen molar-refractivity contribution < 1.29 is 13.6 Å². The van der Waals surface area contributed by atoms with Gasteiger partial charge in [-0.25, -0.2) is 13.6 Å². The Balaban J connectivity index is 1.38. The first-order valence-electron chi connectivity index (χ1n) is 8.72. The third-order valence-corrected chi connectivity index (χ3v) is 5.28. The van der Waals surface area contributed by atoms with E-state index in [0.717, 1.165) is 35.5 Å². The SMILES string of the molecule is O=C(NCCn1nc(-c2cccs2)cc1C1CC1)Nc1c(F)cccc1F. The summed E-state index contributed by atoms with van der Waals surface area (Å²) in [4.78, 5) is 13.1. The summed E-state index contributed by atoms with van der Waals surface area (Å²) in [7, 11) is 0. The third kappa shape index (κ3) is 4.00. The Kier molecular flexibility index (Phi) is 4.89. The number of nitrogens with one attached hydrogen (secondary N) is 2. The number of carbonyl (C=O) groups is 1. The monoisotopic (exact) mass is 388 g/mol. The average molecular weight is 388 g/mol. The molecule has 3 aromatic rings. The number of amides is 2. The van der Waals surface area contributed by atoms with E-state index in [-0.39, 0.29) is 0 Å². The van der Waals surface area contributed by atoms with Gasteiger partial charge in [-0.05, 0) is 42.5 Å². The number of hydrogen-bond donors (Lipinski definition) is 2. The first-order valence-corrected chi connectivity index (χ1v) is 9.60. The summed E-state index contributed by atoms with van der Waals surface area (Å²) in [5.74, 6) is -1.10. The molecule has 2 aromatic heterocycles. The summed E-state index contributed by atoms with van der Waals surface area (Å²) in [5, 5.41) is 11.5. The zero-order valence-electron chi connectivity index (χ0n) is 14.4. The molecule has 1 aliphatic carbocycles. The smallest absolute Gasteiger partial charge is 0.319 e. The van der Waals surface area contributed by atoms with Gasteiger partial charge < -0.3 is 10.6 Å². The summed E-state index contributed by atoms with van der Waals surface area (Å²) < 4.78 is 29.1. The largest absolute Gasteiger partial charge is 0.336 e. The van der Waals surface area contributed by atoms with Gasteiger partial charge in [-0.3, -0.25) is 4.68 Å². The normalized spacial score (nSPS) is 13.6. The van der Waals surface area contributed by atoms with E-state index in [1.165, 1.54) is 11.8 Å². The van der Waals surface area contributed by atoms with Crippen LogP contribution in [0.25, 0.3) is 10.6 Å². The Hall–Kier alpha value is -2.74. The van der Waals surface area contributed by atoms with E-state index >= 15 is 0 Å². The minimum Gasteiger partial charge on any atom is -0.336 e. The van der Waals surface area contributed by atoms with Gasteiger partial charge in [-0.1, -0.05) is 12.1 Å². The molecule has 0 unspecified atom stereocenters. The molecule has 1 aliphatic rings. The highest BCUT2D eigenvalue weighted by Crippen LogP contribution is 2.41. The second kappa shape index (κ2) is 7.48. The van der Waals surface area contributed by atoms with E-state index in [0.29, 0.717) is 19.0 Å². The molecule has 2 N–H and O–H groups in total. The molecule has 0 aliphatic heterocycles. The number of para-hydroxylation sites is 1. The molecule has 1 aromatic carbocycles. The highest BCUT2D eigenvalue weighted by molar-refractivity contribution is 7.13. The maximum atomic E-state index is 13.6. The predicted octanol–water partition coefficient (Wildman–Crippen LogP) is 4.59. The number of anilines is 1. The number of halogens is 2. The molecule has 2 amide bonds. The quantitative estimate of drug-likeness (QED) is 0.649. The van der Waals surface area contributed by atoms with Crippen LogP contribution in [0.15, 0.2) is 41.8 Å². The lowest BCUT2D eigenvalue weighted by atomic mass is 10.2. The maximum absolute atomic E-state index is 13.6. The van der Waals surface area contributed by atoms with Crippen LogP contribution in [0.5, 0.6) is 0 Å². The first-order chi connectivity index (χ1) is 13.1. The molecule has 5 nitrogen and oxygen atoms in total. The van der Waals surface area contributed by atoms with Gasteiger partial charge in [-0.2, -0.15) is 5.10 Å². The lowest BCUT2D eigenvalue weighted by Gasteiger charge is -2.10. The highest BCUT2D eigenvalue weighted by atomic mass is 32.1. The van der Waals surface area contributed by atoms with Crippen LogP contribution in [0.1, 0.15) is 24.5 Å².